The van der Waals surface area contributed by atoms with Crippen molar-refractivity contribution in [1.29, 1.82) is 0 Å². The van der Waals surface area contributed by atoms with E-state index >= 15 is 0 Å². The standard InChI is InChI=1S/C14H19N5O/c1-11(12-5-3-2-4-6-12)7-8-16-13(20)9-19-10-17-14(15)18-19/h2-6,10-11H,7-9H2,1H3,(H2,15,18)(H,16,20). The van der Waals surface area contributed by atoms with Crippen LogP contribution in [-0.2, 0) is 11.3 Å². The highest BCUT2D eigenvalue weighted by molar-refractivity contribution is 5.75. The van der Waals surface area contributed by atoms with Crippen LogP contribution in [0.25, 0.3) is 0 Å². The molecule has 1 aromatic carbocycles. The molecule has 0 saturated carbocycles. The van der Waals surface area contributed by atoms with E-state index in [2.05, 4.69) is 34.5 Å². The Bertz CT molecular complexity index is 552. The topological polar surface area (TPSA) is 85.8 Å². The van der Waals surface area contributed by atoms with Crippen LogP contribution in [0.3, 0.4) is 0 Å². The van der Waals surface area contributed by atoms with Gasteiger partial charge < -0.3 is 11.1 Å². The zero-order valence-corrected chi connectivity index (χ0v) is 11.5. The van der Waals surface area contributed by atoms with E-state index < -0.39 is 0 Å². The Morgan fingerprint density at radius 3 is 2.80 bits per heavy atom. The molecular weight excluding hydrogens is 254 g/mol. The third kappa shape index (κ3) is 4.08. The molecule has 20 heavy (non-hydrogen) atoms. The second-order valence-corrected chi connectivity index (χ2v) is 4.75. The summed E-state index contributed by atoms with van der Waals surface area (Å²) in [6.45, 7) is 2.93. The molecule has 3 N–H and O–H groups in total. The lowest BCUT2D eigenvalue weighted by Gasteiger charge is -2.12. The molecule has 2 aromatic rings. The molecule has 1 aromatic heterocycles. The number of nitrogens with two attached hydrogens (primary N) is 1. The molecule has 0 aliphatic heterocycles. The molecule has 0 radical (unpaired) electrons. The molecule has 2 rings (SSSR count). The van der Waals surface area contributed by atoms with Crippen molar-refractivity contribution in [1.82, 2.24) is 20.1 Å². The molecule has 0 bridgehead atoms. The van der Waals surface area contributed by atoms with Crippen LogP contribution in [-0.4, -0.2) is 27.2 Å². The number of carbonyl (C=O) groups is 1. The van der Waals surface area contributed by atoms with Gasteiger partial charge in [-0.05, 0) is 17.9 Å². The number of hydrogen-bond acceptors (Lipinski definition) is 4. The summed E-state index contributed by atoms with van der Waals surface area (Å²) in [5.74, 6) is 0.504. The minimum absolute atomic E-state index is 0.0878. The summed E-state index contributed by atoms with van der Waals surface area (Å²) in [5, 5.41) is 6.74. The Labute approximate surface area is 118 Å². The van der Waals surface area contributed by atoms with Crippen molar-refractivity contribution >= 4 is 11.9 Å². The third-order valence-electron chi connectivity index (χ3n) is 3.13. The number of nitrogen functional groups attached to an aromatic ring is 1. The van der Waals surface area contributed by atoms with Crippen molar-refractivity contribution in [3.8, 4) is 0 Å². The van der Waals surface area contributed by atoms with E-state index in [9.17, 15) is 4.79 Å². The molecule has 1 unspecified atom stereocenters. The van der Waals surface area contributed by atoms with Gasteiger partial charge in [0.15, 0.2) is 0 Å². The first-order valence-electron chi connectivity index (χ1n) is 6.61. The molecule has 0 spiro atoms. The zero-order valence-electron chi connectivity index (χ0n) is 11.5. The summed E-state index contributed by atoms with van der Waals surface area (Å²) in [6.07, 6.45) is 2.34. The van der Waals surface area contributed by atoms with Crippen molar-refractivity contribution in [2.45, 2.75) is 25.8 Å². The Kier molecular flexibility index (Phi) is 4.70. The number of benzene rings is 1. The SMILES string of the molecule is CC(CCNC(=O)Cn1cnc(N)n1)c1ccccc1. The highest BCUT2D eigenvalue weighted by Crippen LogP contribution is 2.17. The second kappa shape index (κ2) is 6.70. The lowest BCUT2D eigenvalue weighted by atomic mass is 9.98. The van der Waals surface area contributed by atoms with Crippen molar-refractivity contribution in [3.05, 3.63) is 42.2 Å². The van der Waals surface area contributed by atoms with Crippen LogP contribution in [0.4, 0.5) is 5.95 Å². The van der Waals surface area contributed by atoms with Crippen LogP contribution in [0, 0.1) is 0 Å². The predicted molar refractivity (Wildman–Crippen MR) is 76.9 cm³/mol. The number of carbonyl (C=O) groups excluding carboxylic acids is 1. The minimum Gasteiger partial charge on any atom is -0.367 e. The van der Waals surface area contributed by atoms with Gasteiger partial charge in [-0.1, -0.05) is 37.3 Å². The molecule has 0 aliphatic rings. The Hall–Kier alpha value is -2.37. The summed E-state index contributed by atoms with van der Waals surface area (Å²) in [7, 11) is 0. The summed E-state index contributed by atoms with van der Waals surface area (Å²) in [4.78, 5) is 15.5. The van der Waals surface area contributed by atoms with E-state index in [0.29, 0.717) is 12.5 Å². The van der Waals surface area contributed by atoms with E-state index in [1.165, 1.54) is 16.6 Å². The van der Waals surface area contributed by atoms with Crippen molar-refractivity contribution in [2.24, 2.45) is 0 Å². The van der Waals surface area contributed by atoms with Gasteiger partial charge in [-0.15, -0.1) is 5.10 Å². The number of rotatable bonds is 6. The first-order chi connectivity index (χ1) is 9.65. The number of nitrogens with one attached hydrogen (secondary N) is 1. The highest BCUT2D eigenvalue weighted by atomic mass is 16.2. The fourth-order valence-electron chi connectivity index (χ4n) is 1.96. The maximum Gasteiger partial charge on any atom is 0.241 e. The average Bonchev–Trinajstić information content (AvgIpc) is 2.85. The van der Waals surface area contributed by atoms with Crippen molar-refractivity contribution in [2.75, 3.05) is 12.3 Å². The number of aromatic nitrogens is 3. The monoisotopic (exact) mass is 273 g/mol. The fraction of sp³-hybridized carbons (Fsp3) is 0.357. The lowest BCUT2D eigenvalue weighted by molar-refractivity contribution is -0.121. The summed E-state index contributed by atoms with van der Waals surface area (Å²) >= 11 is 0. The quantitative estimate of drug-likeness (QED) is 0.827. The Morgan fingerprint density at radius 1 is 1.40 bits per heavy atom. The molecule has 6 nitrogen and oxygen atoms in total. The number of nitrogens with zero attached hydrogens (tertiary/aromatic N) is 3. The number of hydrogen-bond donors (Lipinski definition) is 2. The van der Waals surface area contributed by atoms with Crippen LogP contribution in [0.15, 0.2) is 36.7 Å². The lowest BCUT2D eigenvalue weighted by Crippen LogP contribution is -2.29. The normalized spacial score (nSPS) is 12.1. The van der Waals surface area contributed by atoms with Gasteiger partial charge in [0.25, 0.3) is 0 Å². The molecule has 1 atom stereocenters. The van der Waals surface area contributed by atoms with Crippen LogP contribution >= 0.6 is 0 Å². The largest absolute Gasteiger partial charge is 0.367 e. The summed E-state index contributed by atoms with van der Waals surface area (Å²) in [5.41, 5.74) is 6.67. The molecule has 0 aliphatic carbocycles. The van der Waals surface area contributed by atoms with E-state index in [4.69, 9.17) is 5.73 Å². The van der Waals surface area contributed by atoms with Gasteiger partial charge in [-0.2, -0.15) is 0 Å². The summed E-state index contributed by atoms with van der Waals surface area (Å²) in [6, 6.07) is 10.3. The molecule has 1 heterocycles. The fourth-order valence-corrected chi connectivity index (χ4v) is 1.96. The maximum absolute atomic E-state index is 11.7. The van der Waals surface area contributed by atoms with E-state index in [1.54, 1.807) is 0 Å². The maximum atomic E-state index is 11.7. The third-order valence-corrected chi connectivity index (χ3v) is 3.13. The van der Waals surface area contributed by atoms with Gasteiger partial charge >= 0.3 is 0 Å². The van der Waals surface area contributed by atoms with Crippen LogP contribution in [0.1, 0.15) is 24.8 Å². The van der Waals surface area contributed by atoms with Crippen LogP contribution < -0.4 is 11.1 Å². The molecule has 0 fully saturated rings. The van der Waals surface area contributed by atoms with Crippen molar-refractivity contribution < 1.29 is 4.79 Å². The van der Waals surface area contributed by atoms with Crippen LogP contribution in [0.5, 0.6) is 0 Å². The van der Waals surface area contributed by atoms with Gasteiger partial charge in [-0.3, -0.25) is 4.79 Å². The zero-order chi connectivity index (χ0) is 14.4. The number of anilines is 1. The average molecular weight is 273 g/mol. The Morgan fingerprint density at radius 2 is 2.15 bits per heavy atom. The molecule has 106 valence electrons. The van der Waals surface area contributed by atoms with Gasteiger partial charge in [0.05, 0.1) is 0 Å². The Balaban J connectivity index is 1.71. The van der Waals surface area contributed by atoms with Crippen LogP contribution in [0.2, 0.25) is 0 Å². The second-order valence-electron chi connectivity index (χ2n) is 4.75. The smallest absolute Gasteiger partial charge is 0.241 e. The minimum atomic E-state index is -0.0878. The van der Waals surface area contributed by atoms with E-state index in [0.717, 1.165) is 6.42 Å². The first-order valence-corrected chi connectivity index (χ1v) is 6.61. The highest BCUT2D eigenvalue weighted by Gasteiger charge is 2.07. The molecule has 6 heteroatoms. The molecule has 1 amide bonds. The van der Waals surface area contributed by atoms with Gasteiger partial charge in [0.1, 0.15) is 12.9 Å². The van der Waals surface area contributed by atoms with Gasteiger partial charge in [0.2, 0.25) is 11.9 Å². The predicted octanol–water partition coefficient (Wildman–Crippen LogP) is 1.17. The van der Waals surface area contributed by atoms with E-state index in [-0.39, 0.29) is 18.4 Å². The number of amides is 1. The molecule has 0 saturated heterocycles. The first kappa shape index (κ1) is 14.0. The molecular formula is C14H19N5O. The van der Waals surface area contributed by atoms with Gasteiger partial charge in [-0.25, -0.2) is 9.67 Å². The van der Waals surface area contributed by atoms with E-state index in [1.807, 2.05) is 18.2 Å². The van der Waals surface area contributed by atoms with Gasteiger partial charge in [0, 0.05) is 6.54 Å². The summed E-state index contributed by atoms with van der Waals surface area (Å²) < 4.78 is 1.42. The van der Waals surface area contributed by atoms with Crippen molar-refractivity contribution in [3.63, 3.8) is 0 Å².